The molecule has 2 saturated heterocycles. The third-order valence-corrected chi connectivity index (χ3v) is 4.64. The van der Waals surface area contributed by atoms with E-state index in [1.165, 1.54) is 10.5 Å². The third-order valence-electron chi connectivity index (χ3n) is 4.64. The summed E-state index contributed by atoms with van der Waals surface area (Å²) in [5.41, 5.74) is 1.92. The van der Waals surface area contributed by atoms with Crippen molar-refractivity contribution < 1.29 is 19.1 Å². The number of carbonyl (C=O) groups is 3. The summed E-state index contributed by atoms with van der Waals surface area (Å²) in [6.07, 6.45) is 2.73. The van der Waals surface area contributed by atoms with E-state index in [1.807, 2.05) is 24.3 Å². The Labute approximate surface area is 141 Å². The third kappa shape index (κ3) is 3.27. The molecule has 0 spiro atoms. The first kappa shape index (κ1) is 16.5. The van der Waals surface area contributed by atoms with Crippen molar-refractivity contribution in [2.24, 2.45) is 0 Å². The molecule has 0 saturated carbocycles. The maximum absolute atomic E-state index is 12.6. The number of carbonyl (C=O) groups excluding carboxylic acids is 3. The Hall–Kier alpha value is -2.37. The molecule has 0 unspecified atom stereocenters. The second kappa shape index (κ2) is 7.03. The van der Waals surface area contributed by atoms with Crippen LogP contribution in [-0.2, 0) is 16.0 Å². The molecular formula is C18H22N2O4. The van der Waals surface area contributed by atoms with Crippen molar-refractivity contribution in [3.63, 3.8) is 0 Å². The van der Waals surface area contributed by atoms with Gasteiger partial charge in [0.05, 0.1) is 0 Å². The fourth-order valence-corrected chi connectivity index (χ4v) is 3.33. The van der Waals surface area contributed by atoms with Gasteiger partial charge in [-0.25, -0.2) is 9.69 Å². The van der Waals surface area contributed by atoms with Crippen molar-refractivity contribution in [3.05, 3.63) is 35.4 Å². The van der Waals surface area contributed by atoms with Crippen LogP contribution in [0.1, 0.15) is 42.1 Å². The first-order chi connectivity index (χ1) is 11.6. The summed E-state index contributed by atoms with van der Waals surface area (Å²) in [7, 11) is 0. The Morgan fingerprint density at radius 1 is 1.17 bits per heavy atom. The van der Waals surface area contributed by atoms with Gasteiger partial charge in [0.1, 0.15) is 0 Å². The number of cyclic esters (lactones) is 1. The average Bonchev–Trinajstić information content (AvgIpc) is 2.94. The zero-order valence-corrected chi connectivity index (χ0v) is 13.9. The van der Waals surface area contributed by atoms with E-state index in [0.29, 0.717) is 31.5 Å². The molecule has 2 aliphatic heterocycles. The number of hydrogen-bond donors (Lipinski definition) is 0. The van der Waals surface area contributed by atoms with Gasteiger partial charge >= 0.3 is 6.09 Å². The second-order valence-electron chi connectivity index (χ2n) is 6.29. The molecule has 24 heavy (non-hydrogen) atoms. The van der Waals surface area contributed by atoms with Crippen LogP contribution < -0.4 is 0 Å². The quantitative estimate of drug-likeness (QED) is 0.849. The summed E-state index contributed by atoms with van der Waals surface area (Å²) in [4.78, 5) is 38.9. The predicted octanol–water partition coefficient (Wildman–Crippen LogP) is 2.22. The lowest BCUT2D eigenvalue weighted by atomic mass is 10.0. The highest BCUT2D eigenvalue weighted by atomic mass is 16.6. The number of likely N-dealkylation sites (tertiary alicyclic amines) is 1. The van der Waals surface area contributed by atoms with E-state index in [-0.39, 0.29) is 24.5 Å². The molecule has 3 amide bonds. The van der Waals surface area contributed by atoms with Crippen molar-refractivity contribution in [2.45, 2.75) is 38.6 Å². The topological polar surface area (TPSA) is 66.9 Å². The Balaban J connectivity index is 1.59. The van der Waals surface area contributed by atoms with Crippen LogP contribution in [0, 0.1) is 0 Å². The highest BCUT2D eigenvalue weighted by molar-refractivity contribution is 5.98. The number of rotatable bonds is 4. The molecule has 1 aromatic carbocycles. The fraction of sp³-hybridized carbons (Fsp3) is 0.500. The minimum atomic E-state index is -0.559. The Morgan fingerprint density at radius 2 is 1.83 bits per heavy atom. The summed E-state index contributed by atoms with van der Waals surface area (Å²) in [5.74, 6) is -0.275. The predicted molar refractivity (Wildman–Crippen MR) is 87.6 cm³/mol. The monoisotopic (exact) mass is 330 g/mol. The lowest BCUT2D eigenvalue weighted by Gasteiger charge is -2.34. The first-order valence-electron chi connectivity index (χ1n) is 8.47. The number of ether oxygens (including phenoxy) is 1. The number of amides is 3. The molecule has 2 fully saturated rings. The van der Waals surface area contributed by atoms with Crippen molar-refractivity contribution >= 4 is 17.9 Å². The molecule has 1 aromatic rings. The molecule has 0 aromatic heterocycles. The van der Waals surface area contributed by atoms with Crippen LogP contribution in [0.5, 0.6) is 0 Å². The van der Waals surface area contributed by atoms with Crippen molar-refractivity contribution in [1.82, 2.24) is 9.80 Å². The van der Waals surface area contributed by atoms with E-state index < -0.39 is 6.09 Å². The van der Waals surface area contributed by atoms with Gasteiger partial charge in [-0.1, -0.05) is 25.5 Å². The highest BCUT2D eigenvalue weighted by Gasteiger charge is 2.39. The minimum Gasteiger partial charge on any atom is -0.439 e. The zero-order chi connectivity index (χ0) is 17.1. The maximum atomic E-state index is 12.6. The fourth-order valence-electron chi connectivity index (χ4n) is 3.33. The number of piperidine rings is 1. The van der Waals surface area contributed by atoms with E-state index in [9.17, 15) is 14.4 Å². The maximum Gasteiger partial charge on any atom is 0.417 e. The average molecular weight is 330 g/mol. The molecule has 0 aliphatic carbocycles. The molecular weight excluding hydrogens is 308 g/mol. The Kier molecular flexibility index (Phi) is 4.83. The summed E-state index contributed by atoms with van der Waals surface area (Å²) >= 11 is 0. The highest BCUT2D eigenvalue weighted by Crippen LogP contribution is 2.22. The van der Waals surface area contributed by atoms with Crippen LogP contribution >= 0.6 is 0 Å². The van der Waals surface area contributed by atoms with E-state index in [4.69, 9.17) is 4.74 Å². The van der Waals surface area contributed by atoms with Gasteiger partial charge in [-0.3, -0.25) is 9.59 Å². The van der Waals surface area contributed by atoms with Gasteiger partial charge < -0.3 is 9.64 Å². The standard InChI is InChI=1S/C18H22N2O4/c1-2-3-13-4-6-14(7-5-13)17(22)19-10-8-15(9-11-19)20-16(21)12-24-18(20)23/h4-7,15H,2-3,8-12H2,1H3. The molecule has 128 valence electrons. The van der Waals surface area contributed by atoms with Gasteiger partial charge in [-0.15, -0.1) is 0 Å². The molecule has 0 N–H and O–H groups in total. The molecule has 2 heterocycles. The molecule has 3 rings (SSSR count). The van der Waals surface area contributed by atoms with Crippen LogP contribution in [0.4, 0.5) is 4.79 Å². The summed E-state index contributed by atoms with van der Waals surface area (Å²) in [6.45, 7) is 3.04. The van der Waals surface area contributed by atoms with Crippen molar-refractivity contribution in [1.29, 1.82) is 0 Å². The van der Waals surface area contributed by atoms with Crippen molar-refractivity contribution in [3.8, 4) is 0 Å². The van der Waals surface area contributed by atoms with Crippen LogP contribution in [0.15, 0.2) is 24.3 Å². The summed E-state index contributed by atoms with van der Waals surface area (Å²) < 4.78 is 4.76. The van der Waals surface area contributed by atoms with Gasteiger partial charge in [-0.2, -0.15) is 0 Å². The Morgan fingerprint density at radius 3 is 2.38 bits per heavy atom. The van der Waals surface area contributed by atoms with Crippen LogP contribution in [0.2, 0.25) is 0 Å². The van der Waals surface area contributed by atoms with E-state index >= 15 is 0 Å². The lowest BCUT2D eigenvalue weighted by Crippen LogP contribution is -2.48. The second-order valence-corrected chi connectivity index (χ2v) is 6.29. The number of nitrogens with zero attached hydrogens (tertiary/aromatic N) is 2. The summed E-state index contributed by atoms with van der Waals surface area (Å²) in [5, 5.41) is 0. The van der Waals surface area contributed by atoms with E-state index in [0.717, 1.165) is 12.8 Å². The number of imide groups is 1. The smallest absolute Gasteiger partial charge is 0.417 e. The van der Waals surface area contributed by atoms with Crippen LogP contribution in [-0.4, -0.2) is 53.4 Å². The first-order valence-corrected chi connectivity index (χ1v) is 8.47. The van der Waals surface area contributed by atoms with Gasteiger partial charge in [0, 0.05) is 24.7 Å². The molecule has 6 heteroatoms. The number of aryl methyl sites for hydroxylation is 1. The molecule has 6 nitrogen and oxygen atoms in total. The van der Waals surface area contributed by atoms with Gasteiger partial charge in [0.15, 0.2) is 6.61 Å². The molecule has 0 bridgehead atoms. The summed E-state index contributed by atoms with van der Waals surface area (Å²) in [6, 6.07) is 7.59. The molecule has 2 aliphatic rings. The van der Waals surface area contributed by atoms with Gasteiger partial charge in [0.2, 0.25) is 0 Å². The molecule has 0 radical (unpaired) electrons. The largest absolute Gasteiger partial charge is 0.439 e. The van der Waals surface area contributed by atoms with Crippen LogP contribution in [0.3, 0.4) is 0 Å². The normalized spacial score (nSPS) is 18.9. The minimum absolute atomic E-state index is 0.00632. The van der Waals surface area contributed by atoms with Gasteiger partial charge in [-0.05, 0) is 37.0 Å². The zero-order valence-electron chi connectivity index (χ0n) is 13.9. The van der Waals surface area contributed by atoms with Crippen LogP contribution in [0.25, 0.3) is 0 Å². The lowest BCUT2D eigenvalue weighted by molar-refractivity contribution is -0.127. The van der Waals surface area contributed by atoms with Gasteiger partial charge in [0.25, 0.3) is 11.8 Å². The molecule has 0 atom stereocenters. The number of benzene rings is 1. The van der Waals surface area contributed by atoms with E-state index in [1.54, 1.807) is 4.90 Å². The van der Waals surface area contributed by atoms with E-state index in [2.05, 4.69) is 6.92 Å². The SMILES string of the molecule is CCCc1ccc(C(=O)N2CCC(N3C(=O)COC3=O)CC2)cc1. The number of hydrogen-bond acceptors (Lipinski definition) is 4. The Bertz CT molecular complexity index is 617. The van der Waals surface area contributed by atoms with Crippen molar-refractivity contribution in [2.75, 3.05) is 19.7 Å².